The van der Waals surface area contributed by atoms with E-state index in [1.165, 1.54) is 22.7 Å². The van der Waals surface area contributed by atoms with Crippen LogP contribution in [0.2, 0.25) is 5.02 Å². The number of carbonyl (C=O) groups excluding carboxylic acids is 3. The Hall–Kier alpha value is -3.73. The Labute approximate surface area is 378 Å². The average molecular weight is 931 g/mol. The summed E-state index contributed by atoms with van der Waals surface area (Å²) in [6.45, 7) is 15.7. The highest BCUT2D eigenvalue weighted by Crippen LogP contribution is 2.59. The van der Waals surface area contributed by atoms with Gasteiger partial charge in [-0.05, 0) is 74.8 Å². The monoisotopic (exact) mass is 929 g/mol. The standard InChI is InChI=1S/C44H61ClN7O9PS/c1-7-27-21-44(27,62(56)57)50-39(53)33-19-29(22-52(33)40(54)38(43(4,5)6)49-42(55)61-28-17-25-16-26(25)18-28)60-35-20-31(32-23-63-41(48-32)46-24(2)3)47-37-30(35)8-9-34(36(37)45)59-15-12-51-10-13-58-14-11-51/h8-9,20,23-29,33,38,62H,7,10-19,21-22H2,1-6H3,(H,46,48)(H,49,55)(H,50,53)(H,56,57)/t25-,26+,27-,28+,29-,33+,38-,44+/m1/s1. The zero-order valence-electron chi connectivity index (χ0n) is 36.9. The SMILES string of the molecule is CC[C@@H]1C[C@]1(NC(=O)[C@@H]1C[C@@H](Oc2cc(-c3csc(NC(C)C)n3)nc3c(Cl)c(OCCN4CCOCC4)ccc23)CN1C(=O)[C@@H](NC(=O)O[C@@H]1C[C@@H]2C[C@@H]2C1)C(C)(C)C)[PH](=O)O. The number of thiazole rings is 1. The van der Waals surface area contributed by atoms with Gasteiger partial charge in [-0.15, -0.1) is 11.3 Å². The number of amides is 3. The summed E-state index contributed by atoms with van der Waals surface area (Å²) in [6.07, 6.45) is 2.30. The van der Waals surface area contributed by atoms with Gasteiger partial charge in [0.1, 0.15) is 58.4 Å². The number of benzene rings is 1. The Morgan fingerprint density at radius 2 is 1.81 bits per heavy atom. The molecule has 4 heterocycles. The van der Waals surface area contributed by atoms with Gasteiger partial charge in [0.05, 0.1) is 31.0 Å². The van der Waals surface area contributed by atoms with Crippen molar-refractivity contribution in [1.29, 1.82) is 0 Å². The van der Waals surface area contributed by atoms with Crippen LogP contribution in [0.5, 0.6) is 11.5 Å². The molecule has 63 heavy (non-hydrogen) atoms. The molecule has 0 radical (unpaired) electrons. The lowest BCUT2D eigenvalue weighted by molar-refractivity contribution is -0.142. The van der Waals surface area contributed by atoms with Crippen molar-refractivity contribution in [2.45, 2.75) is 116 Å². The first-order chi connectivity index (χ1) is 30.0. The first kappa shape index (κ1) is 45.8. The number of halogens is 1. The van der Waals surface area contributed by atoms with Crippen LogP contribution in [-0.2, 0) is 23.6 Å². The van der Waals surface area contributed by atoms with E-state index in [0.29, 0.717) is 89.9 Å². The quantitative estimate of drug-likeness (QED) is 0.113. The molecule has 8 rings (SSSR count). The second-order valence-corrected chi connectivity index (χ2v) is 21.9. The molecule has 4 N–H and O–H groups in total. The minimum Gasteiger partial charge on any atom is -0.491 e. The Morgan fingerprint density at radius 1 is 1.06 bits per heavy atom. The number of morpholine rings is 1. The topological polar surface area (TPSA) is 194 Å². The predicted molar refractivity (Wildman–Crippen MR) is 242 cm³/mol. The van der Waals surface area contributed by atoms with Gasteiger partial charge in [0.2, 0.25) is 19.8 Å². The summed E-state index contributed by atoms with van der Waals surface area (Å²) in [5.74, 6) is 0.901. The molecule has 2 saturated heterocycles. The number of ether oxygens (including phenoxy) is 4. The normalized spacial score (nSPS) is 27.7. The third kappa shape index (κ3) is 10.2. The number of alkyl carbamates (subject to hydrolysis) is 1. The van der Waals surface area contributed by atoms with E-state index in [-0.39, 0.29) is 31.0 Å². The zero-order chi connectivity index (χ0) is 44.8. The van der Waals surface area contributed by atoms with Crippen LogP contribution >= 0.6 is 31.0 Å². The van der Waals surface area contributed by atoms with Gasteiger partial charge in [-0.2, -0.15) is 0 Å². The van der Waals surface area contributed by atoms with Crippen LogP contribution in [0.1, 0.15) is 80.1 Å². The van der Waals surface area contributed by atoms with Gasteiger partial charge in [0, 0.05) is 48.9 Å². The van der Waals surface area contributed by atoms with E-state index in [1.54, 1.807) is 12.1 Å². The van der Waals surface area contributed by atoms with Crippen molar-refractivity contribution < 1.29 is 42.8 Å². The Kier molecular flexibility index (Phi) is 13.6. The minimum atomic E-state index is -3.17. The second-order valence-electron chi connectivity index (χ2n) is 19.2. The van der Waals surface area contributed by atoms with Crippen LogP contribution in [0.15, 0.2) is 23.6 Å². The molecule has 5 fully saturated rings. The van der Waals surface area contributed by atoms with Gasteiger partial charge in [0.15, 0.2) is 5.13 Å². The Morgan fingerprint density at radius 3 is 2.48 bits per heavy atom. The molecule has 19 heteroatoms. The van der Waals surface area contributed by atoms with Crippen LogP contribution in [0.3, 0.4) is 0 Å². The fraction of sp³-hybridized carbons (Fsp3) is 0.659. The van der Waals surface area contributed by atoms with E-state index in [2.05, 4.69) is 20.9 Å². The summed E-state index contributed by atoms with van der Waals surface area (Å²) in [5, 5.41) is 11.4. The highest BCUT2D eigenvalue weighted by molar-refractivity contribution is 7.40. The van der Waals surface area contributed by atoms with Crippen LogP contribution in [0.4, 0.5) is 9.93 Å². The number of hydrogen-bond acceptors (Lipinski definition) is 13. The second kappa shape index (κ2) is 18.6. The molecule has 3 saturated carbocycles. The summed E-state index contributed by atoms with van der Waals surface area (Å²) >= 11 is 8.56. The van der Waals surface area contributed by atoms with Crippen molar-refractivity contribution in [3.63, 3.8) is 0 Å². The maximum absolute atomic E-state index is 14.8. The van der Waals surface area contributed by atoms with Gasteiger partial charge in [-0.25, -0.2) is 14.8 Å². The molecule has 3 amide bonds. The third-order valence-electron chi connectivity index (χ3n) is 13.1. The van der Waals surface area contributed by atoms with E-state index in [0.717, 1.165) is 31.1 Å². The summed E-state index contributed by atoms with van der Waals surface area (Å²) in [6, 6.07) is 3.44. The lowest BCUT2D eigenvalue weighted by Crippen LogP contribution is -2.58. The summed E-state index contributed by atoms with van der Waals surface area (Å²) in [4.78, 5) is 66.5. The lowest BCUT2D eigenvalue weighted by atomic mass is 9.85. The van der Waals surface area contributed by atoms with Gasteiger partial charge >= 0.3 is 6.09 Å². The number of pyridine rings is 1. The van der Waals surface area contributed by atoms with Crippen molar-refractivity contribution in [2.24, 2.45) is 23.2 Å². The molecule has 16 nitrogen and oxygen atoms in total. The number of likely N-dealkylation sites (tertiary alicyclic amines) is 1. The third-order valence-corrected chi connectivity index (χ3v) is 15.8. The number of nitrogens with one attached hydrogen (secondary N) is 3. The van der Waals surface area contributed by atoms with Gasteiger partial charge < -0.3 is 44.7 Å². The molecular formula is C44H61ClN7O9PS. The average Bonchev–Trinajstić information content (AvgIpc) is 3.91. The van der Waals surface area contributed by atoms with E-state index in [9.17, 15) is 23.8 Å². The molecule has 2 aromatic heterocycles. The van der Waals surface area contributed by atoms with Gasteiger partial charge in [-0.1, -0.05) is 45.7 Å². The fourth-order valence-electron chi connectivity index (χ4n) is 9.38. The number of nitrogens with zero attached hydrogens (tertiary/aromatic N) is 4. The van der Waals surface area contributed by atoms with Crippen LogP contribution < -0.4 is 25.4 Å². The van der Waals surface area contributed by atoms with E-state index in [1.807, 2.05) is 53.0 Å². The smallest absolute Gasteiger partial charge is 0.408 e. The molecule has 1 unspecified atom stereocenters. The molecular weight excluding hydrogens is 869 g/mol. The number of rotatable bonds is 16. The molecule has 1 aromatic carbocycles. The van der Waals surface area contributed by atoms with Crippen molar-refractivity contribution in [3.05, 3.63) is 28.6 Å². The maximum atomic E-state index is 14.8. The molecule has 0 bridgehead atoms. The molecule has 344 valence electrons. The highest BCUT2D eigenvalue weighted by Gasteiger charge is 2.60. The summed E-state index contributed by atoms with van der Waals surface area (Å²) in [5.41, 5.74) is 0.762. The van der Waals surface area contributed by atoms with Crippen LogP contribution in [0.25, 0.3) is 22.3 Å². The number of aromatic nitrogens is 2. The highest BCUT2D eigenvalue weighted by atomic mass is 35.5. The molecule has 2 aliphatic heterocycles. The molecule has 0 spiro atoms. The summed E-state index contributed by atoms with van der Waals surface area (Å²) < 4.78 is 37.0. The molecule has 9 atom stereocenters. The number of anilines is 1. The fourth-order valence-corrected chi connectivity index (χ4v) is 11.7. The number of hydrogen-bond donors (Lipinski definition) is 4. The van der Waals surface area contributed by atoms with E-state index in [4.69, 9.17) is 40.5 Å². The first-order valence-corrected chi connectivity index (χ1v) is 24.9. The van der Waals surface area contributed by atoms with Crippen molar-refractivity contribution in [1.82, 2.24) is 30.4 Å². The largest absolute Gasteiger partial charge is 0.491 e. The zero-order valence-corrected chi connectivity index (χ0v) is 39.5. The molecule has 3 aliphatic carbocycles. The lowest BCUT2D eigenvalue weighted by Gasteiger charge is -2.35. The minimum absolute atomic E-state index is 0.0144. The van der Waals surface area contributed by atoms with Crippen molar-refractivity contribution in [3.8, 4) is 22.9 Å². The van der Waals surface area contributed by atoms with Crippen molar-refractivity contribution >= 4 is 64.9 Å². The number of fused-ring (bicyclic) bond motifs is 2. The Balaban J connectivity index is 1.09. The van der Waals surface area contributed by atoms with E-state index >= 15 is 0 Å². The summed E-state index contributed by atoms with van der Waals surface area (Å²) in [7, 11) is -3.17. The first-order valence-electron chi connectivity index (χ1n) is 22.3. The van der Waals surface area contributed by atoms with Gasteiger partial charge in [-0.3, -0.25) is 19.1 Å². The molecule has 5 aliphatic rings. The van der Waals surface area contributed by atoms with E-state index < -0.39 is 54.8 Å². The maximum Gasteiger partial charge on any atom is 0.408 e. The number of carbonyl (C=O) groups is 3. The molecule has 3 aromatic rings. The predicted octanol–water partition coefficient (Wildman–Crippen LogP) is 6.54. The van der Waals surface area contributed by atoms with Crippen molar-refractivity contribution in [2.75, 3.05) is 51.3 Å². The Bertz CT molecular complexity index is 2210. The van der Waals surface area contributed by atoms with Crippen LogP contribution in [-0.4, -0.2) is 124 Å². The van der Waals surface area contributed by atoms with Crippen LogP contribution in [0, 0.1) is 23.2 Å². The van der Waals surface area contributed by atoms with Gasteiger partial charge in [0.25, 0.3) is 0 Å².